The molecule has 1 fully saturated rings. The molecule has 0 bridgehead atoms. The van der Waals surface area contributed by atoms with Gasteiger partial charge in [0.15, 0.2) is 0 Å². The van der Waals surface area contributed by atoms with E-state index in [1.54, 1.807) is 0 Å². The van der Waals surface area contributed by atoms with Gasteiger partial charge in [0.2, 0.25) is 10.0 Å². The lowest BCUT2D eigenvalue weighted by Gasteiger charge is -2.28. The summed E-state index contributed by atoms with van der Waals surface area (Å²) in [4.78, 5) is 0.138. The highest BCUT2D eigenvalue weighted by Crippen LogP contribution is 2.25. The van der Waals surface area contributed by atoms with Crippen molar-refractivity contribution in [3.05, 3.63) is 54.1 Å². The lowest BCUT2D eigenvalue weighted by atomic mass is 9.92. The van der Waals surface area contributed by atoms with Gasteiger partial charge >= 0.3 is 0 Å². The smallest absolute Gasteiger partial charge is 0.240 e. The summed E-state index contributed by atoms with van der Waals surface area (Å²) in [7, 11) is -1.71. The first-order valence-corrected chi connectivity index (χ1v) is 10.1. The molecule has 0 radical (unpaired) electrons. The highest BCUT2D eigenvalue weighted by atomic mass is 32.2. The zero-order valence-corrected chi connectivity index (χ0v) is 15.3. The van der Waals surface area contributed by atoms with Gasteiger partial charge in [-0.25, -0.2) is 21.9 Å². The maximum absolute atomic E-state index is 13.9. The maximum atomic E-state index is 13.9. The topological polar surface area (TPSA) is 58.2 Å². The Morgan fingerprint density at radius 2 is 1.54 bits per heavy atom. The largest absolute Gasteiger partial charge is 0.317 e. The molecule has 0 aromatic heterocycles. The Labute approximate surface area is 152 Å². The lowest BCUT2D eigenvalue weighted by molar-refractivity contribution is 0.343. The SMILES string of the molecule is CN[C@H]1CC[C@H](NS(=O)(=O)c2ccc(-c3ccc(F)cc3F)cc2)CC1. The molecule has 0 amide bonds. The first-order chi connectivity index (χ1) is 12.4. The fourth-order valence-electron chi connectivity index (χ4n) is 3.32. The molecule has 0 saturated heterocycles. The normalized spacial score (nSPS) is 20.9. The minimum atomic E-state index is -3.62. The van der Waals surface area contributed by atoms with Crippen molar-refractivity contribution in [2.75, 3.05) is 7.05 Å². The van der Waals surface area contributed by atoms with Crippen molar-refractivity contribution in [3.8, 4) is 11.1 Å². The summed E-state index contributed by atoms with van der Waals surface area (Å²) in [5, 5.41) is 3.22. The highest BCUT2D eigenvalue weighted by Gasteiger charge is 2.25. The number of halogens is 2. The Morgan fingerprint density at radius 3 is 2.12 bits per heavy atom. The zero-order chi connectivity index (χ0) is 18.7. The van der Waals surface area contributed by atoms with Crippen LogP contribution < -0.4 is 10.0 Å². The number of hydrogen-bond acceptors (Lipinski definition) is 3. The summed E-state index contributed by atoms with van der Waals surface area (Å²) >= 11 is 0. The molecule has 1 aliphatic carbocycles. The summed E-state index contributed by atoms with van der Waals surface area (Å²) in [6, 6.07) is 9.65. The fourth-order valence-corrected chi connectivity index (χ4v) is 4.63. The second-order valence-corrected chi connectivity index (χ2v) is 8.32. The molecule has 1 aliphatic rings. The number of hydrogen-bond donors (Lipinski definition) is 2. The van der Waals surface area contributed by atoms with Gasteiger partial charge in [0, 0.05) is 23.7 Å². The predicted octanol–water partition coefficient (Wildman–Crippen LogP) is 3.44. The molecule has 1 saturated carbocycles. The Kier molecular flexibility index (Phi) is 5.70. The molecule has 0 spiro atoms. The first kappa shape index (κ1) is 18.9. The van der Waals surface area contributed by atoms with E-state index >= 15 is 0 Å². The van der Waals surface area contributed by atoms with Crippen molar-refractivity contribution >= 4 is 10.0 Å². The Morgan fingerprint density at radius 1 is 0.923 bits per heavy atom. The molecular formula is C19H22F2N2O2S. The lowest BCUT2D eigenvalue weighted by Crippen LogP contribution is -2.41. The van der Waals surface area contributed by atoms with E-state index in [0.717, 1.165) is 31.7 Å². The minimum Gasteiger partial charge on any atom is -0.317 e. The van der Waals surface area contributed by atoms with Gasteiger partial charge in [0.1, 0.15) is 11.6 Å². The predicted molar refractivity (Wildman–Crippen MR) is 97.2 cm³/mol. The van der Waals surface area contributed by atoms with Crippen LogP contribution >= 0.6 is 0 Å². The Balaban J connectivity index is 1.73. The average molecular weight is 380 g/mol. The molecule has 2 aromatic rings. The van der Waals surface area contributed by atoms with E-state index in [1.165, 1.54) is 36.4 Å². The summed E-state index contributed by atoms with van der Waals surface area (Å²) in [5.74, 6) is -1.33. The van der Waals surface area contributed by atoms with E-state index in [0.29, 0.717) is 11.6 Å². The summed E-state index contributed by atoms with van der Waals surface area (Å²) < 4.78 is 54.8. The van der Waals surface area contributed by atoms with Crippen LogP contribution in [0.25, 0.3) is 11.1 Å². The zero-order valence-electron chi connectivity index (χ0n) is 14.5. The van der Waals surface area contributed by atoms with Crippen LogP contribution in [0.1, 0.15) is 25.7 Å². The van der Waals surface area contributed by atoms with E-state index in [1.807, 2.05) is 7.05 Å². The third-order valence-electron chi connectivity index (χ3n) is 4.86. The van der Waals surface area contributed by atoms with Crippen molar-refractivity contribution in [3.63, 3.8) is 0 Å². The van der Waals surface area contributed by atoms with E-state index in [4.69, 9.17) is 0 Å². The second-order valence-electron chi connectivity index (χ2n) is 6.61. The van der Waals surface area contributed by atoms with Gasteiger partial charge in [-0.1, -0.05) is 12.1 Å². The van der Waals surface area contributed by atoms with Crippen molar-refractivity contribution in [2.45, 2.75) is 42.7 Å². The fraction of sp³-hybridized carbons (Fsp3) is 0.368. The Bertz CT molecular complexity index is 862. The van der Waals surface area contributed by atoms with Crippen molar-refractivity contribution in [1.29, 1.82) is 0 Å². The third kappa shape index (κ3) is 4.28. The number of rotatable bonds is 5. The molecule has 3 rings (SSSR count). The molecule has 7 heteroatoms. The van der Waals surface area contributed by atoms with Crippen LogP contribution in [-0.2, 0) is 10.0 Å². The summed E-state index contributed by atoms with van der Waals surface area (Å²) in [6.07, 6.45) is 3.46. The molecule has 0 heterocycles. The van der Waals surface area contributed by atoms with Gasteiger partial charge in [0.25, 0.3) is 0 Å². The highest BCUT2D eigenvalue weighted by molar-refractivity contribution is 7.89. The van der Waals surface area contributed by atoms with E-state index in [9.17, 15) is 17.2 Å². The molecule has 2 N–H and O–H groups in total. The van der Waals surface area contributed by atoms with Crippen LogP contribution in [0.15, 0.2) is 47.4 Å². The van der Waals surface area contributed by atoms with Gasteiger partial charge < -0.3 is 5.32 Å². The van der Waals surface area contributed by atoms with Gasteiger partial charge in [-0.15, -0.1) is 0 Å². The van der Waals surface area contributed by atoms with Gasteiger partial charge in [-0.2, -0.15) is 0 Å². The van der Waals surface area contributed by atoms with Gasteiger partial charge in [-0.05, 0) is 62.6 Å². The Hall–Kier alpha value is -1.83. The summed E-state index contributed by atoms with van der Waals surface area (Å²) in [6.45, 7) is 0. The average Bonchev–Trinajstić information content (AvgIpc) is 2.62. The monoisotopic (exact) mass is 380 g/mol. The van der Waals surface area contributed by atoms with Crippen LogP contribution in [0.3, 0.4) is 0 Å². The molecule has 4 nitrogen and oxygen atoms in total. The van der Waals surface area contributed by atoms with Crippen molar-refractivity contribution in [1.82, 2.24) is 10.0 Å². The van der Waals surface area contributed by atoms with Crippen LogP contribution in [0.5, 0.6) is 0 Å². The van der Waals surface area contributed by atoms with Crippen LogP contribution in [0, 0.1) is 11.6 Å². The van der Waals surface area contributed by atoms with Crippen LogP contribution in [0.2, 0.25) is 0 Å². The number of sulfonamides is 1. The first-order valence-electron chi connectivity index (χ1n) is 8.64. The van der Waals surface area contributed by atoms with Gasteiger partial charge in [0.05, 0.1) is 4.90 Å². The number of nitrogens with one attached hydrogen (secondary N) is 2. The standard InChI is InChI=1S/C19H22F2N2O2S/c1-22-15-5-7-16(8-6-15)23-26(24,25)17-9-2-13(3-10-17)18-11-4-14(20)12-19(18)21/h2-4,9-12,15-16,22-23H,5-8H2,1H3/t15-,16-. The van der Waals surface area contributed by atoms with Gasteiger partial charge in [-0.3, -0.25) is 0 Å². The molecule has 26 heavy (non-hydrogen) atoms. The van der Waals surface area contributed by atoms with Crippen LogP contribution in [0.4, 0.5) is 8.78 Å². The molecule has 140 valence electrons. The molecule has 0 unspecified atom stereocenters. The maximum Gasteiger partial charge on any atom is 0.240 e. The molecular weight excluding hydrogens is 358 g/mol. The van der Waals surface area contributed by atoms with E-state index < -0.39 is 21.7 Å². The minimum absolute atomic E-state index is 0.0705. The second kappa shape index (κ2) is 7.82. The van der Waals surface area contributed by atoms with E-state index in [-0.39, 0.29) is 16.5 Å². The third-order valence-corrected chi connectivity index (χ3v) is 6.40. The molecule has 0 atom stereocenters. The number of benzene rings is 2. The van der Waals surface area contributed by atoms with Crippen LogP contribution in [-0.4, -0.2) is 27.5 Å². The van der Waals surface area contributed by atoms with E-state index in [2.05, 4.69) is 10.0 Å². The molecule has 2 aromatic carbocycles. The quantitative estimate of drug-likeness (QED) is 0.835. The van der Waals surface area contributed by atoms with Crippen molar-refractivity contribution in [2.24, 2.45) is 0 Å². The van der Waals surface area contributed by atoms with Crippen molar-refractivity contribution < 1.29 is 17.2 Å². The molecule has 0 aliphatic heterocycles. The summed E-state index contributed by atoms with van der Waals surface area (Å²) in [5.41, 5.74) is 0.727.